The van der Waals surface area contributed by atoms with E-state index in [9.17, 15) is 20.2 Å². The maximum Gasteiger partial charge on any atom is 0.269 e. The molecule has 0 bridgehead atoms. The van der Waals surface area contributed by atoms with Gasteiger partial charge in [-0.15, -0.1) is 0 Å². The number of methoxy groups -OCH3 is 1. The summed E-state index contributed by atoms with van der Waals surface area (Å²) < 4.78 is 12.1. The molecule has 0 atom stereocenters. The third-order valence-corrected chi connectivity index (χ3v) is 5.76. The van der Waals surface area contributed by atoms with Crippen LogP contribution in [0.2, 0.25) is 5.02 Å². The third kappa shape index (κ3) is 6.24. The van der Waals surface area contributed by atoms with E-state index in [4.69, 9.17) is 21.1 Å². The van der Waals surface area contributed by atoms with Gasteiger partial charge in [-0.25, -0.2) is 0 Å². The molecule has 0 fully saturated rings. The van der Waals surface area contributed by atoms with Crippen LogP contribution >= 0.6 is 34.2 Å². The molecule has 1 amide bonds. The number of hydrogen-bond donors (Lipinski definition) is 1. The van der Waals surface area contributed by atoms with Crippen molar-refractivity contribution in [2.24, 2.45) is 0 Å². The van der Waals surface area contributed by atoms with Gasteiger partial charge in [0, 0.05) is 28.4 Å². The van der Waals surface area contributed by atoms with Crippen molar-refractivity contribution in [2.45, 2.75) is 6.61 Å². The lowest BCUT2D eigenvalue weighted by Gasteiger charge is -2.14. The number of carbonyl (C=O) groups excluding carboxylic acids is 1. The van der Waals surface area contributed by atoms with Gasteiger partial charge in [-0.2, -0.15) is 5.26 Å². The van der Waals surface area contributed by atoms with Crippen LogP contribution in [0.25, 0.3) is 6.08 Å². The Morgan fingerprint density at radius 1 is 1.24 bits per heavy atom. The number of nitrogens with zero attached hydrogens (tertiary/aromatic N) is 2. The van der Waals surface area contributed by atoms with Crippen LogP contribution in [0.15, 0.2) is 66.2 Å². The number of benzene rings is 3. The molecule has 0 aromatic heterocycles. The molecule has 10 heteroatoms. The Morgan fingerprint density at radius 3 is 2.56 bits per heavy atom. The first-order valence-electron chi connectivity index (χ1n) is 9.73. The first-order chi connectivity index (χ1) is 16.3. The molecule has 0 unspecified atom stereocenters. The highest BCUT2D eigenvalue weighted by Crippen LogP contribution is 2.35. The molecule has 0 aliphatic rings. The largest absolute Gasteiger partial charge is 0.493 e. The Balaban J connectivity index is 1.80. The van der Waals surface area contributed by atoms with E-state index in [0.717, 1.165) is 5.56 Å². The van der Waals surface area contributed by atoms with Gasteiger partial charge in [-0.05, 0) is 64.6 Å². The maximum absolute atomic E-state index is 12.6. The Morgan fingerprint density at radius 2 is 1.94 bits per heavy atom. The molecule has 1 N–H and O–H groups in total. The Kier molecular flexibility index (Phi) is 8.45. The molecule has 3 aromatic carbocycles. The summed E-state index contributed by atoms with van der Waals surface area (Å²) in [5.74, 6) is 0.289. The zero-order chi connectivity index (χ0) is 24.7. The second kappa shape index (κ2) is 11.5. The zero-order valence-corrected chi connectivity index (χ0v) is 20.7. The van der Waals surface area contributed by atoms with Crippen molar-refractivity contribution in [2.75, 3.05) is 12.4 Å². The van der Waals surface area contributed by atoms with E-state index >= 15 is 0 Å². The van der Waals surface area contributed by atoms with Gasteiger partial charge in [0.2, 0.25) is 0 Å². The highest BCUT2D eigenvalue weighted by molar-refractivity contribution is 14.1. The Hall–Kier alpha value is -3.62. The van der Waals surface area contributed by atoms with E-state index in [1.54, 1.807) is 18.2 Å². The van der Waals surface area contributed by atoms with Crippen molar-refractivity contribution in [3.63, 3.8) is 0 Å². The summed E-state index contributed by atoms with van der Waals surface area (Å²) >= 11 is 8.28. The summed E-state index contributed by atoms with van der Waals surface area (Å²) in [6.07, 6.45) is 1.42. The smallest absolute Gasteiger partial charge is 0.269 e. The molecule has 0 saturated carbocycles. The molecule has 0 radical (unpaired) electrons. The number of amides is 1. The molecule has 0 spiro atoms. The Labute approximate surface area is 214 Å². The molecule has 0 saturated heterocycles. The number of carbonyl (C=O) groups is 1. The molecule has 34 heavy (non-hydrogen) atoms. The van der Waals surface area contributed by atoms with Gasteiger partial charge in [-0.1, -0.05) is 29.8 Å². The number of halogens is 2. The fourth-order valence-electron chi connectivity index (χ4n) is 2.91. The zero-order valence-electron chi connectivity index (χ0n) is 17.7. The molecule has 0 aliphatic heterocycles. The fourth-order valence-corrected chi connectivity index (χ4v) is 3.88. The highest BCUT2D eigenvalue weighted by Gasteiger charge is 2.15. The summed E-state index contributed by atoms with van der Waals surface area (Å²) in [5, 5.41) is 23.4. The molecular weight excluding hydrogens is 573 g/mol. The van der Waals surface area contributed by atoms with Gasteiger partial charge in [0.1, 0.15) is 18.2 Å². The normalized spacial score (nSPS) is 10.8. The molecule has 0 heterocycles. The number of hydrogen-bond acceptors (Lipinski definition) is 6. The lowest BCUT2D eigenvalue weighted by Crippen LogP contribution is -2.13. The van der Waals surface area contributed by atoms with Crippen LogP contribution in [-0.2, 0) is 11.4 Å². The molecule has 172 valence electrons. The van der Waals surface area contributed by atoms with Crippen LogP contribution in [0.5, 0.6) is 11.5 Å². The Bertz CT molecular complexity index is 1300. The topological polar surface area (TPSA) is 114 Å². The van der Waals surface area contributed by atoms with E-state index in [-0.39, 0.29) is 17.9 Å². The van der Waals surface area contributed by atoms with Crippen molar-refractivity contribution in [3.8, 4) is 17.6 Å². The van der Waals surface area contributed by atoms with E-state index in [2.05, 4.69) is 27.9 Å². The first kappa shape index (κ1) is 25.0. The quantitative estimate of drug-likeness (QED) is 0.114. The lowest BCUT2D eigenvalue weighted by molar-refractivity contribution is -0.384. The monoisotopic (exact) mass is 589 g/mol. The number of anilines is 1. The van der Waals surface area contributed by atoms with Crippen LogP contribution in [0, 0.1) is 25.0 Å². The van der Waals surface area contributed by atoms with Crippen molar-refractivity contribution in [1.29, 1.82) is 5.26 Å². The van der Waals surface area contributed by atoms with Crippen molar-refractivity contribution in [1.82, 2.24) is 0 Å². The fraction of sp³-hybridized carbons (Fsp3) is 0.0833. The maximum atomic E-state index is 12.6. The van der Waals surface area contributed by atoms with Gasteiger partial charge in [0.25, 0.3) is 11.6 Å². The number of rotatable bonds is 8. The summed E-state index contributed by atoms with van der Waals surface area (Å²) in [5.41, 5.74) is 1.45. The second-order valence-electron chi connectivity index (χ2n) is 6.84. The van der Waals surface area contributed by atoms with Gasteiger partial charge in [0.15, 0.2) is 11.5 Å². The number of ether oxygens (including phenoxy) is 2. The molecule has 3 rings (SSSR count). The number of non-ortho nitro benzene ring substituents is 1. The van der Waals surface area contributed by atoms with Crippen LogP contribution in [-0.4, -0.2) is 17.9 Å². The minimum atomic E-state index is -0.649. The van der Waals surface area contributed by atoms with E-state index in [0.29, 0.717) is 31.3 Å². The van der Waals surface area contributed by atoms with Crippen LogP contribution < -0.4 is 14.8 Å². The molecule has 3 aromatic rings. The number of nitro groups is 1. The molecule has 8 nitrogen and oxygen atoms in total. The molecule has 0 aliphatic carbocycles. The van der Waals surface area contributed by atoms with Crippen LogP contribution in [0.1, 0.15) is 11.1 Å². The van der Waals surface area contributed by atoms with Gasteiger partial charge < -0.3 is 14.8 Å². The SMILES string of the molecule is COc1cc(/C=C(\C#N)C(=O)Nc2ccc([N+](=O)[O-])cc2)cc(I)c1OCc1ccccc1Cl. The highest BCUT2D eigenvalue weighted by atomic mass is 127. The predicted molar refractivity (Wildman–Crippen MR) is 137 cm³/mol. The van der Waals surface area contributed by atoms with Crippen molar-refractivity contribution < 1.29 is 19.2 Å². The third-order valence-electron chi connectivity index (χ3n) is 4.59. The summed E-state index contributed by atoms with van der Waals surface area (Å²) in [4.78, 5) is 22.8. The minimum Gasteiger partial charge on any atom is -0.493 e. The van der Waals surface area contributed by atoms with E-state index in [1.165, 1.54) is 37.5 Å². The number of nitro benzene ring substituents is 1. The van der Waals surface area contributed by atoms with Crippen molar-refractivity contribution in [3.05, 3.63) is 96.1 Å². The lowest BCUT2D eigenvalue weighted by atomic mass is 10.1. The predicted octanol–water partition coefficient (Wildman–Crippen LogP) is 5.99. The summed E-state index contributed by atoms with van der Waals surface area (Å²) in [6.45, 7) is 0.238. The number of nitrogens with one attached hydrogen (secondary N) is 1. The summed E-state index contributed by atoms with van der Waals surface area (Å²) in [6, 6.07) is 17.9. The van der Waals surface area contributed by atoms with E-state index < -0.39 is 10.8 Å². The first-order valence-corrected chi connectivity index (χ1v) is 11.2. The standard InChI is InChI=1S/C24H17ClIN3O5/c1-33-22-12-15(11-21(26)23(22)34-14-16-4-2-3-5-20(16)25)10-17(13-27)24(30)28-18-6-8-19(9-7-18)29(31)32/h2-12H,14H2,1H3,(H,28,30)/b17-10+. The van der Waals surface area contributed by atoms with Crippen molar-refractivity contribution >= 4 is 57.5 Å². The summed E-state index contributed by atoms with van der Waals surface area (Å²) in [7, 11) is 1.49. The average Bonchev–Trinajstić information content (AvgIpc) is 2.82. The average molecular weight is 590 g/mol. The number of nitriles is 1. The van der Waals surface area contributed by atoms with E-state index in [1.807, 2.05) is 24.3 Å². The van der Waals surface area contributed by atoms with Crippen LogP contribution in [0.4, 0.5) is 11.4 Å². The van der Waals surface area contributed by atoms with Gasteiger partial charge in [0.05, 0.1) is 15.6 Å². The molecular formula is C24H17ClIN3O5. The second-order valence-corrected chi connectivity index (χ2v) is 8.41. The minimum absolute atomic E-state index is 0.104. The van der Waals surface area contributed by atoms with Gasteiger partial charge >= 0.3 is 0 Å². The van der Waals surface area contributed by atoms with Gasteiger partial charge in [-0.3, -0.25) is 14.9 Å². The van der Waals surface area contributed by atoms with Crippen LogP contribution in [0.3, 0.4) is 0 Å².